The number of nitrogens with one attached hydrogen (secondary N) is 1. The van der Waals surface area contributed by atoms with Crippen molar-refractivity contribution in [3.63, 3.8) is 0 Å². The maximum absolute atomic E-state index is 12.5. The second kappa shape index (κ2) is 6.58. The van der Waals surface area contributed by atoms with E-state index < -0.39 is 5.97 Å². The number of hydrogen-bond acceptors (Lipinski definition) is 4. The lowest BCUT2D eigenvalue weighted by Gasteiger charge is -2.05. The maximum Gasteiger partial charge on any atom is 0.338 e. The summed E-state index contributed by atoms with van der Waals surface area (Å²) in [5.41, 5.74) is 2.59. The van der Waals surface area contributed by atoms with Gasteiger partial charge in [-0.25, -0.2) is 4.79 Å². The highest BCUT2D eigenvalue weighted by atomic mass is 16.5. The van der Waals surface area contributed by atoms with Crippen molar-refractivity contribution in [2.45, 2.75) is 6.92 Å². The summed E-state index contributed by atoms with van der Waals surface area (Å²) >= 11 is 0. The summed E-state index contributed by atoms with van der Waals surface area (Å²) in [5.74, 6) is -0.118. The third-order valence-corrected chi connectivity index (χ3v) is 3.83. The molecule has 24 heavy (non-hydrogen) atoms. The van der Waals surface area contributed by atoms with Crippen molar-refractivity contribution >= 4 is 22.7 Å². The van der Waals surface area contributed by atoms with Crippen molar-refractivity contribution in [1.29, 1.82) is 0 Å². The van der Waals surface area contributed by atoms with Crippen LogP contribution >= 0.6 is 0 Å². The molecule has 0 aliphatic heterocycles. The van der Waals surface area contributed by atoms with Gasteiger partial charge in [-0.05, 0) is 37.3 Å². The van der Waals surface area contributed by atoms with E-state index in [1.807, 2.05) is 31.2 Å². The van der Waals surface area contributed by atoms with E-state index in [0.717, 1.165) is 16.6 Å². The molecule has 5 heteroatoms. The first-order valence-electron chi connectivity index (χ1n) is 7.52. The molecule has 1 heterocycles. The summed E-state index contributed by atoms with van der Waals surface area (Å²) in [5, 5.41) is 0.834. The number of aromatic amines is 1. The number of rotatable bonds is 5. The fourth-order valence-electron chi connectivity index (χ4n) is 2.65. The highest BCUT2D eigenvalue weighted by molar-refractivity contribution is 6.10. The number of ether oxygens (including phenoxy) is 2. The van der Waals surface area contributed by atoms with Crippen LogP contribution in [0.3, 0.4) is 0 Å². The summed E-state index contributed by atoms with van der Waals surface area (Å²) in [6.45, 7) is 1.53. The van der Waals surface area contributed by atoms with Gasteiger partial charge in [-0.15, -0.1) is 0 Å². The molecule has 3 aromatic rings. The Labute approximate surface area is 139 Å². The van der Waals surface area contributed by atoms with Gasteiger partial charge in [-0.2, -0.15) is 0 Å². The average molecular weight is 323 g/mol. The number of ketones is 1. The van der Waals surface area contributed by atoms with Gasteiger partial charge in [0.2, 0.25) is 5.78 Å². The van der Waals surface area contributed by atoms with E-state index in [1.54, 1.807) is 31.4 Å². The number of benzene rings is 2. The fourth-order valence-corrected chi connectivity index (χ4v) is 2.65. The molecule has 0 aliphatic carbocycles. The predicted octanol–water partition coefficient (Wildman–Crippen LogP) is 3.52. The molecule has 2 aromatic carbocycles. The van der Waals surface area contributed by atoms with Crippen LogP contribution in [0.5, 0.6) is 5.75 Å². The lowest BCUT2D eigenvalue weighted by atomic mass is 10.1. The number of hydrogen-bond donors (Lipinski definition) is 1. The first-order valence-corrected chi connectivity index (χ1v) is 7.52. The molecule has 0 unspecified atom stereocenters. The Bertz CT molecular complexity index is 893. The Kier molecular flexibility index (Phi) is 4.33. The second-order valence-electron chi connectivity index (χ2n) is 5.40. The van der Waals surface area contributed by atoms with E-state index >= 15 is 0 Å². The Morgan fingerprint density at radius 1 is 1.04 bits per heavy atom. The van der Waals surface area contributed by atoms with E-state index in [2.05, 4.69) is 4.98 Å². The Balaban J connectivity index is 1.72. The number of Topliss-reactive ketones (excluding diaryl/α,β-unsaturated/α-hetero) is 1. The number of esters is 1. The molecule has 0 spiro atoms. The zero-order valence-corrected chi connectivity index (χ0v) is 13.5. The Morgan fingerprint density at radius 3 is 2.46 bits per heavy atom. The van der Waals surface area contributed by atoms with Gasteiger partial charge in [-0.1, -0.05) is 18.2 Å². The molecular formula is C19H17NO4. The first-order chi connectivity index (χ1) is 11.6. The van der Waals surface area contributed by atoms with Gasteiger partial charge in [0.05, 0.1) is 12.7 Å². The molecule has 0 saturated heterocycles. The van der Waals surface area contributed by atoms with E-state index in [1.165, 1.54) is 0 Å². The van der Waals surface area contributed by atoms with Crippen LogP contribution in [-0.2, 0) is 4.74 Å². The largest absolute Gasteiger partial charge is 0.497 e. The van der Waals surface area contributed by atoms with Gasteiger partial charge in [0.15, 0.2) is 6.61 Å². The average Bonchev–Trinajstić information content (AvgIpc) is 2.95. The summed E-state index contributed by atoms with van der Waals surface area (Å²) < 4.78 is 10.2. The molecule has 122 valence electrons. The zero-order chi connectivity index (χ0) is 17.1. The first kappa shape index (κ1) is 15.8. The molecule has 5 nitrogen and oxygen atoms in total. The smallest absolute Gasteiger partial charge is 0.338 e. The lowest BCUT2D eigenvalue weighted by Crippen LogP contribution is -2.14. The van der Waals surface area contributed by atoms with Crippen LogP contribution in [0.25, 0.3) is 10.9 Å². The molecule has 0 bridgehead atoms. The topological polar surface area (TPSA) is 68.4 Å². The molecule has 1 N–H and O–H groups in total. The molecule has 0 atom stereocenters. The number of carbonyl (C=O) groups excluding carboxylic acids is 2. The standard InChI is InChI=1S/C19H17NO4/c1-12-18(15-5-3-4-6-16(15)20-12)17(21)11-24-19(22)13-7-9-14(23-2)10-8-13/h3-10,20H,11H2,1-2H3. The van der Waals surface area contributed by atoms with E-state index in [9.17, 15) is 9.59 Å². The van der Waals surface area contributed by atoms with Crippen LogP contribution in [0.1, 0.15) is 26.4 Å². The van der Waals surface area contributed by atoms with Gasteiger partial charge in [-0.3, -0.25) is 4.79 Å². The molecule has 0 fully saturated rings. The van der Waals surface area contributed by atoms with Crippen molar-refractivity contribution in [1.82, 2.24) is 4.98 Å². The fraction of sp³-hybridized carbons (Fsp3) is 0.158. The zero-order valence-electron chi connectivity index (χ0n) is 13.5. The minimum Gasteiger partial charge on any atom is -0.497 e. The third kappa shape index (κ3) is 3.01. The minimum atomic E-state index is -0.538. The van der Waals surface area contributed by atoms with Crippen LogP contribution in [0, 0.1) is 6.92 Å². The van der Waals surface area contributed by atoms with Crippen LogP contribution in [0.2, 0.25) is 0 Å². The van der Waals surface area contributed by atoms with Gasteiger partial charge in [0.1, 0.15) is 5.75 Å². The Morgan fingerprint density at radius 2 is 1.75 bits per heavy atom. The summed E-state index contributed by atoms with van der Waals surface area (Å²) in [6, 6.07) is 14.1. The summed E-state index contributed by atoms with van der Waals surface area (Å²) in [7, 11) is 1.55. The van der Waals surface area contributed by atoms with E-state index in [0.29, 0.717) is 16.9 Å². The van der Waals surface area contributed by atoms with E-state index in [4.69, 9.17) is 9.47 Å². The second-order valence-corrected chi connectivity index (χ2v) is 5.40. The Hall–Kier alpha value is -3.08. The number of carbonyl (C=O) groups is 2. The highest BCUT2D eigenvalue weighted by Crippen LogP contribution is 2.22. The number of fused-ring (bicyclic) bond motifs is 1. The number of H-pyrrole nitrogens is 1. The quantitative estimate of drug-likeness (QED) is 0.576. The van der Waals surface area contributed by atoms with Crippen LogP contribution < -0.4 is 4.74 Å². The summed E-state index contributed by atoms with van der Waals surface area (Å²) in [6.07, 6.45) is 0. The van der Waals surface area contributed by atoms with Crippen LogP contribution in [0.4, 0.5) is 0 Å². The van der Waals surface area contributed by atoms with E-state index in [-0.39, 0.29) is 12.4 Å². The van der Waals surface area contributed by atoms with Crippen molar-refractivity contribution in [3.05, 3.63) is 65.4 Å². The molecule has 3 rings (SSSR count). The summed E-state index contributed by atoms with van der Waals surface area (Å²) in [4.78, 5) is 27.7. The molecule has 0 aliphatic rings. The van der Waals surface area contributed by atoms with Gasteiger partial charge >= 0.3 is 5.97 Å². The maximum atomic E-state index is 12.5. The van der Waals surface area contributed by atoms with Crippen molar-refractivity contribution in [2.24, 2.45) is 0 Å². The molecule has 1 aromatic heterocycles. The van der Waals surface area contributed by atoms with Gasteiger partial charge < -0.3 is 14.5 Å². The van der Waals surface area contributed by atoms with Crippen LogP contribution in [0.15, 0.2) is 48.5 Å². The molecular weight excluding hydrogens is 306 g/mol. The molecule has 0 saturated carbocycles. The number of aromatic nitrogens is 1. The third-order valence-electron chi connectivity index (χ3n) is 3.83. The molecule has 0 radical (unpaired) electrons. The van der Waals surface area contributed by atoms with Crippen molar-refractivity contribution in [3.8, 4) is 5.75 Å². The predicted molar refractivity (Wildman–Crippen MR) is 90.6 cm³/mol. The highest BCUT2D eigenvalue weighted by Gasteiger charge is 2.18. The number of aryl methyl sites for hydroxylation is 1. The van der Waals surface area contributed by atoms with Crippen molar-refractivity contribution < 1.29 is 19.1 Å². The van der Waals surface area contributed by atoms with Crippen molar-refractivity contribution in [2.75, 3.05) is 13.7 Å². The SMILES string of the molecule is COc1ccc(C(=O)OCC(=O)c2c(C)[nH]c3ccccc23)cc1. The normalized spacial score (nSPS) is 10.6. The van der Waals surface area contributed by atoms with Crippen LogP contribution in [-0.4, -0.2) is 30.5 Å². The number of methoxy groups -OCH3 is 1. The van der Waals surface area contributed by atoms with Gasteiger partial charge in [0.25, 0.3) is 0 Å². The minimum absolute atomic E-state index is 0.230. The monoisotopic (exact) mass is 323 g/mol. The molecule has 0 amide bonds. The lowest BCUT2D eigenvalue weighted by molar-refractivity contribution is 0.0475. The van der Waals surface area contributed by atoms with Gasteiger partial charge in [0, 0.05) is 22.2 Å². The number of para-hydroxylation sites is 1.